The Balaban J connectivity index is 1.85. The molecule has 0 bridgehead atoms. The Morgan fingerprint density at radius 3 is 2.58 bits per heavy atom. The number of anilines is 1. The molecular formula is C14H18ClN3S. The minimum atomic E-state index is 0.499. The van der Waals surface area contributed by atoms with Gasteiger partial charge in [0.2, 0.25) is 0 Å². The van der Waals surface area contributed by atoms with Crippen molar-refractivity contribution in [3.05, 3.63) is 29.3 Å². The van der Waals surface area contributed by atoms with Crippen LogP contribution in [-0.4, -0.2) is 10.8 Å². The molecule has 0 saturated heterocycles. The minimum Gasteiger partial charge on any atom is -0.331 e. The zero-order chi connectivity index (χ0) is 13.5. The van der Waals surface area contributed by atoms with Gasteiger partial charge < -0.3 is 5.32 Å². The van der Waals surface area contributed by atoms with E-state index in [2.05, 4.69) is 15.8 Å². The maximum atomic E-state index is 5.91. The molecule has 1 fully saturated rings. The Morgan fingerprint density at radius 2 is 1.89 bits per heavy atom. The summed E-state index contributed by atoms with van der Waals surface area (Å²) in [6.07, 6.45) is 7.23. The van der Waals surface area contributed by atoms with Crippen LogP contribution in [-0.2, 0) is 0 Å². The van der Waals surface area contributed by atoms with Gasteiger partial charge in [0.25, 0.3) is 0 Å². The summed E-state index contributed by atoms with van der Waals surface area (Å²) >= 11 is 11.1. The van der Waals surface area contributed by atoms with E-state index in [-0.39, 0.29) is 0 Å². The van der Waals surface area contributed by atoms with Crippen LogP contribution >= 0.6 is 23.8 Å². The van der Waals surface area contributed by atoms with Gasteiger partial charge in [-0.15, -0.1) is 0 Å². The number of hydrogen-bond acceptors (Lipinski definition) is 2. The van der Waals surface area contributed by atoms with E-state index >= 15 is 0 Å². The van der Waals surface area contributed by atoms with Gasteiger partial charge in [-0.1, -0.05) is 30.5 Å². The van der Waals surface area contributed by atoms with Crippen molar-refractivity contribution in [3.8, 4) is 0 Å². The zero-order valence-electron chi connectivity index (χ0n) is 10.8. The van der Waals surface area contributed by atoms with E-state index in [1.807, 2.05) is 24.3 Å². The maximum absolute atomic E-state index is 5.91. The van der Waals surface area contributed by atoms with Gasteiger partial charge >= 0.3 is 0 Å². The topological polar surface area (TPSA) is 36.4 Å². The van der Waals surface area contributed by atoms with Gasteiger partial charge in [-0.3, -0.25) is 5.43 Å². The number of hydrogen-bond donors (Lipinski definition) is 2. The maximum Gasteiger partial charge on any atom is 0.191 e. The van der Waals surface area contributed by atoms with Gasteiger partial charge in [-0.05, 0) is 56.1 Å². The zero-order valence-corrected chi connectivity index (χ0v) is 12.4. The van der Waals surface area contributed by atoms with Gasteiger partial charge in [-0.2, -0.15) is 5.10 Å². The molecule has 0 aromatic heterocycles. The fourth-order valence-electron chi connectivity index (χ4n) is 2.10. The van der Waals surface area contributed by atoms with Crippen molar-refractivity contribution >= 4 is 40.3 Å². The largest absolute Gasteiger partial charge is 0.331 e. The molecule has 0 unspecified atom stereocenters. The molecule has 0 amide bonds. The lowest BCUT2D eigenvalue weighted by Gasteiger charge is -2.08. The monoisotopic (exact) mass is 295 g/mol. The van der Waals surface area contributed by atoms with Crippen LogP contribution in [0.5, 0.6) is 0 Å². The van der Waals surface area contributed by atoms with Gasteiger partial charge in [0.1, 0.15) is 0 Å². The van der Waals surface area contributed by atoms with E-state index < -0.39 is 0 Å². The van der Waals surface area contributed by atoms with E-state index in [1.165, 1.54) is 31.4 Å². The predicted molar refractivity (Wildman–Crippen MR) is 85.9 cm³/mol. The van der Waals surface area contributed by atoms with E-state index in [4.69, 9.17) is 23.8 Å². The van der Waals surface area contributed by atoms with E-state index in [0.717, 1.165) is 18.5 Å². The van der Waals surface area contributed by atoms with Crippen LogP contribution in [0.1, 0.15) is 38.5 Å². The molecule has 0 radical (unpaired) electrons. The van der Waals surface area contributed by atoms with Crippen molar-refractivity contribution in [2.45, 2.75) is 38.5 Å². The van der Waals surface area contributed by atoms with Gasteiger partial charge in [0.05, 0.1) is 0 Å². The van der Waals surface area contributed by atoms with Crippen LogP contribution in [0.3, 0.4) is 0 Å². The summed E-state index contributed by atoms with van der Waals surface area (Å²) in [5.74, 6) is 0. The van der Waals surface area contributed by atoms with E-state index in [1.54, 1.807) is 0 Å². The van der Waals surface area contributed by atoms with Crippen LogP contribution in [0.4, 0.5) is 5.69 Å². The molecule has 1 saturated carbocycles. The second-order valence-corrected chi connectivity index (χ2v) is 5.51. The third-order valence-corrected chi connectivity index (χ3v) is 3.51. The molecule has 0 aliphatic heterocycles. The fourth-order valence-corrected chi connectivity index (χ4v) is 2.46. The fraction of sp³-hybridized carbons (Fsp3) is 0.429. The smallest absolute Gasteiger partial charge is 0.191 e. The Labute approximate surface area is 124 Å². The van der Waals surface area contributed by atoms with Crippen LogP contribution in [0, 0.1) is 0 Å². The van der Waals surface area contributed by atoms with Crippen molar-refractivity contribution < 1.29 is 0 Å². The molecule has 102 valence electrons. The Kier molecular flexibility index (Phi) is 5.61. The SMILES string of the molecule is S=C(NN=C1CCCCCC1)Nc1cccc(Cl)c1. The van der Waals surface area contributed by atoms with Crippen molar-refractivity contribution in [1.29, 1.82) is 0 Å². The molecule has 3 nitrogen and oxygen atoms in total. The van der Waals surface area contributed by atoms with Gasteiger partial charge in [0, 0.05) is 16.4 Å². The third-order valence-electron chi connectivity index (χ3n) is 3.08. The van der Waals surface area contributed by atoms with Crippen molar-refractivity contribution in [3.63, 3.8) is 0 Å². The molecule has 5 heteroatoms. The number of rotatable bonds is 2. The molecule has 1 aromatic carbocycles. The van der Waals surface area contributed by atoms with E-state index in [0.29, 0.717) is 10.1 Å². The normalized spacial score (nSPS) is 15.5. The second kappa shape index (κ2) is 7.46. The van der Waals surface area contributed by atoms with Crippen LogP contribution in [0.2, 0.25) is 5.02 Å². The molecule has 19 heavy (non-hydrogen) atoms. The van der Waals surface area contributed by atoms with Crippen LogP contribution in [0.15, 0.2) is 29.4 Å². The number of hydrazone groups is 1. The lowest BCUT2D eigenvalue weighted by Crippen LogP contribution is -2.25. The molecule has 0 heterocycles. The van der Waals surface area contributed by atoms with Gasteiger partial charge in [0.15, 0.2) is 5.11 Å². The summed E-state index contributed by atoms with van der Waals surface area (Å²) in [6, 6.07) is 7.45. The Bertz CT molecular complexity index is 464. The molecule has 1 aromatic rings. The van der Waals surface area contributed by atoms with Crippen molar-refractivity contribution in [2.24, 2.45) is 5.10 Å². The third kappa shape index (κ3) is 5.17. The highest BCUT2D eigenvalue weighted by Gasteiger charge is 2.05. The first kappa shape index (κ1) is 14.3. The van der Waals surface area contributed by atoms with Crippen LogP contribution < -0.4 is 10.7 Å². The number of halogens is 1. The first-order valence-corrected chi connectivity index (χ1v) is 7.41. The first-order chi connectivity index (χ1) is 9.24. The number of nitrogens with zero attached hydrogens (tertiary/aromatic N) is 1. The highest BCUT2D eigenvalue weighted by Crippen LogP contribution is 2.15. The molecule has 2 rings (SSSR count). The molecule has 0 atom stereocenters. The summed E-state index contributed by atoms with van der Waals surface area (Å²) in [5.41, 5.74) is 5.00. The van der Waals surface area contributed by atoms with Gasteiger partial charge in [-0.25, -0.2) is 0 Å². The van der Waals surface area contributed by atoms with Crippen LogP contribution in [0.25, 0.3) is 0 Å². The average Bonchev–Trinajstić information content (AvgIpc) is 2.65. The van der Waals surface area contributed by atoms with Crippen molar-refractivity contribution in [1.82, 2.24) is 5.43 Å². The molecule has 1 aliphatic rings. The highest BCUT2D eigenvalue weighted by atomic mass is 35.5. The van der Waals surface area contributed by atoms with Crippen molar-refractivity contribution in [2.75, 3.05) is 5.32 Å². The number of thiocarbonyl (C=S) groups is 1. The second-order valence-electron chi connectivity index (χ2n) is 4.67. The summed E-state index contributed by atoms with van der Waals surface area (Å²) in [6.45, 7) is 0. The number of nitrogens with one attached hydrogen (secondary N) is 2. The molecular weight excluding hydrogens is 278 g/mol. The molecule has 1 aliphatic carbocycles. The Hall–Kier alpha value is -1.13. The highest BCUT2D eigenvalue weighted by molar-refractivity contribution is 7.80. The summed E-state index contributed by atoms with van der Waals surface area (Å²) in [4.78, 5) is 0. The number of benzene rings is 1. The minimum absolute atomic E-state index is 0.499. The van der Waals surface area contributed by atoms with E-state index in [9.17, 15) is 0 Å². The quantitative estimate of drug-likeness (QED) is 0.484. The lowest BCUT2D eigenvalue weighted by atomic mass is 10.2. The summed E-state index contributed by atoms with van der Waals surface area (Å²) in [7, 11) is 0. The Morgan fingerprint density at radius 1 is 1.16 bits per heavy atom. The summed E-state index contributed by atoms with van der Waals surface area (Å²) < 4.78 is 0. The average molecular weight is 296 g/mol. The first-order valence-electron chi connectivity index (χ1n) is 6.62. The lowest BCUT2D eigenvalue weighted by molar-refractivity contribution is 0.702. The molecule has 2 N–H and O–H groups in total. The standard InChI is InChI=1S/C14H18ClN3S/c15-11-6-5-9-13(10-11)16-14(19)18-17-12-7-3-1-2-4-8-12/h5-6,9-10H,1-4,7-8H2,(H2,16,18,19). The molecule has 0 spiro atoms. The predicted octanol–water partition coefficient (Wildman–Crippen LogP) is 4.34. The summed E-state index contributed by atoms with van der Waals surface area (Å²) in [5, 5.41) is 8.64.